The Morgan fingerprint density at radius 2 is 2.27 bits per heavy atom. The van der Waals surface area contributed by atoms with Gasteiger partial charge in [0.05, 0.1) is 11.4 Å². The van der Waals surface area contributed by atoms with Crippen LogP contribution < -0.4 is 11.1 Å². The van der Waals surface area contributed by atoms with Crippen LogP contribution in [0.15, 0.2) is 18.2 Å². The van der Waals surface area contributed by atoms with Crippen molar-refractivity contribution in [2.45, 2.75) is 19.4 Å². The number of nitrogens with two attached hydrogens (primary N) is 1. The fourth-order valence-corrected chi connectivity index (χ4v) is 2.25. The first-order chi connectivity index (χ1) is 7.17. The minimum Gasteiger partial charge on any atom is -0.397 e. The zero-order chi connectivity index (χ0) is 11.3. The summed E-state index contributed by atoms with van der Waals surface area (Å²) in [4.78, 5) is 0. The number of nitrogens with one attached hydrogen (secondary N) is 1. The van der Waals surface area contributed by atoms with Crippen LogP contribution in [0.25, 0.3) is 0 Å². The van der Waals surface area contributed by atoms with E-state index in [4.69, 9.17) is 17.3 Å². The zero-order valence-electron chi connectivity index (χ0n) is 9.09. The van der Waals surface area contributed by atoms with Gasteiger partial charge in [0.15, 0.2) is 0 Å². The lowest BCUT2D eigenvalue weighted by atomic mass is 10.2. The highest BCUT2D eigenvalue weighted by molar-refractivity contribution is 7.98. The number of thioether (sulfide) groups is 1. The Morgan fingerprint density at radius 3 is 2.80 bits per heavy atom. The van der Waals surface area contributed by atoms with E-state index in [1.165, 1.54) is 0 Å². The maximum Gasteiger partial charge on any atom is 0.0577 e. The molecule has 15 heavy (non-hydrogen) atoms. The maximum absolute atomic E-state index is 5.87. The minimum atomic E-state index is 0.462. The highest BCUT2D eigenvalue weighted by atomic mass is 35.5. The van der Waals surface area contributed by atoms with Crippen LogP contribution in [0.5, 0.6) is 0 Å². The molecule has 1 rings (SSSR count). The molecule has 0 spiro atoms. The number of benzene rings is 1. The fraction of sp³-hybridized carbons (Fsp3) is 0.455. The lowest BCUT2D eigenvalue weighted by Crippen LogP contribution is -2.21. The van der Waals surface area contributed by atoms with Crippen LogP contribution in [0.3, 0.4) is 0 Å². The Hall–Kier alpha value is -0.540. The molecule has 2 nitrogen and oxygen atoms in total. The molecule has 3 N–H and O–H groups in total. The Balaban J connectivity index is 2.70. The largest absolute Gasteiger partial charge is 0.397 e. The molecule has 0 radical (unpaired) electrons. The van der Waals surface area contributed by atoms with Gasteiger partial charge < -0.3 is 11.1 Å². The van der Waals surface area contributed by atoms with E-state index in [0.29, 0.717) is 16.8 Å². The summed E-state index contributed by atoms with van der Waals surface area (Å²) in [5.74, 6) is 1.08. The van der Waals surface area contributed by atoms with Gasteiger partial charge in [-0.3, -0.25) is 0 Å². The average Bonchev–Trinajstić information content (AvgIpc) is 2.21. The molecule has 0 aliphatic carbocycles. The minimum absolute atomic E-state index is 0.462. The molecule has 1 aromatic carbocycles. The van der Waals surface area contributed by atoms with E-state index in [9.17, 15) is 0 Å². The quantitative estimate of drug-likeness (QED) is 0.779. The first-order valence-electron chi connectivity index (χ1n) is 4.97. The molecule has 84 valence electrons. The second-order valence-corrected chi connectivity index (χ2v) is 4.78. The molecule has 1 unspecified atom stereocenters. The van der Waals surface area contributed by atoms with Crippen molar-refractivity contribution in [3.8, 4) is 0 Å². The van der Waals surface area contributed by atoms with Crippen molar-refractivity contribution in [3.63, 3.8) is 0 Å². The van der Waals surface area contributed by atoms with E-state index in [1.54, 1.807) is 6.07 Å². The van der Waals surface area contributed by atoms with E-state index in [-0.39, 0.29) is 0 Å². The van der Waals surface area contributed by atoms with Crippen molar-refractivity contribution < 1.29 is 0 Å². The Kier molecular flexibility index (Phi) is 5.12. The Bertz CT molecular complexity index is 317. The summed E-state index contributed by atoms with van der Waals surface area (Å²) in [7, 11) is 0. The van der Waals surface area contributed by atoms with Crippen LogP contribution in [0.2, 0.25) is 5.02 Å². The first kappa shape index (κ1) is 12.5. The van der Waals surface area contributed by atoms with Gasteiger partial charge in [-0.15, -0.1) is 0 Å². The summed E-state index contributed by atoms with van der Waals surface area (Å²) >= 11 is 7.67. The lowest BCUT2D eigenvalue weighted by Gasteiger charge is -2.18. The summed E-state index contributed by atoms with van der Waals surface area (Å²) in [6.45, 7) is 2.17. The van der Waals surface area contributed by atoms with Crippen LogP contribution in [0.4, 0.5) is 11.4 Å². The lowest BCUT2D eigenvalue weighted by molar-refractivity contribution is 0.775. The highest BCUT2D eigenvalue weighted by Gasteiger charge is 2.07. The van der Waals surface area contributed by atoms with E-state index in [2.05, 4.69) is 18.5 Å². The van der Waals surface area contributed by atoms with Crippen LogP contribution in [-0.4, -0.2) is 18.1 Å². The maximum atomic E-state index is 5.87. The number of anilines is 2. The summed E-state index contributed by atoms with van der Waals surface area (Å²) in [5.41, 5.74) is 7.55. The molecule has 0 aromatic heterocycles. The summed E-state index contributed by atoms with van der Waals surface area (Å²) in [6, 6.07) is 6.02. The predicted octanol–water partition coefficient (Wildman–Crippen LogP) is 3.48. The molecule has 0 amide bonds. The van der Waals surface area contributed by atoms with Gasteiger partial charge in [0.25, 0.3) is 0 Å². The second kappa shape index (κ2) is 6.13. The number of nitrogen functional groups attached to an aromatic ring is 1. The highest BCUT2D eigenvalue weighted by Crippen LogP contribution is 2.24. The predicted molar refractivity (Wildman–Crippen MR) is 71.9 cm³/mol. The SMILES string of the molecule is CCC(CSC)Nc1ccc(Cl)cc1N. The molecule has 1 aromatic rings. The van der Waals surface area contributed by atoms with E-state index in [0.717, 1.165) is 17.9 Å². The second-order valence-electron chi connectivity index (χ2n) is 3.44. The van der Waals surface area contributed by atoms with Crippen LogP contribution >= 0.6 is 23.4 Å². The van der Waals surface area contributed by atoms with Gasteiger partial charge in [-0.05, 0) is 30.9 Å². The van der Waals surface area contributed by atoms with Gasteiger partial charge >= 0.3 is 0 Å². The molecule has 0 saturated carbocycles. The molecule has 0 aliphatic rings. The zero-order valence-corrected chi connectivity index (χ0v) is 10.7. The molecule has 0 bridgehead atoms. The van der Waals surface area contributed by atoms with Gasteiger partial charge in [-0.25, -0.2) is 0 Å². The summed E-state index contributed by atoms with van der Waals surface area (Å²) in [5, 5.41) is 4.10. The Morgan fingerprint density at radius 1 is 1.53 bits per heavy atom. The standard InChI is InChI=1S/C11H17ClN2S/c1-3-9(7-15-2)14-11-5-4-8(12)6-10(11)13/h4-6,9,14H,3,7,13H2,1-2H3. The topological polar surface area (TPSA) is 38.0 Å². The van der Waals surface area contributed by atoms with E-state index >= 15 is 0 Å². The van der Waals surface area contributed by atoms with Gasteiger partial charge in [0.1, 0.15) is 0 Å². The van der Waals surface area contributed by atoms with Gasteiger partial charge in [-0.1, -0.05) is 18.5 Å². The third-order valence-corrected chi connectivity index (χ3v) is 3.20. The van der Waals surface area contributed by atoms with Crippen molar-refractivity contribution >= 4 is 34.7 Å². The molecule has 0 aliphatic heterocycles. The van der Waals surface area contributed by atoms with Crippen LogP contribution in [0.1, 0.15) is 13.3 Å². The summed E-state index contributed by atoms with van der Waals surface area (Å²) in [6.07, 6.45) is 3.19. The van der Waals surface area contributed by atoms with Gasteiger partial charge in [-0.2, -0.15) is 11.8 Å². The first-order valence-corrected chi connectivity index (χ1v) is 6.75. The molecular weight excluding hydrogens is 228 g/mol. The van der Waals surface area contributed by atoms with Crippen molar-refractivity contribution in [2.75, 3.05) is 23.1 Å². The average molecular weight is 245 g/mol. The third-order valence-electron chi connectivity index (χ3n) is 2.23. The molecule has 1 atom stereocenters. The molecule has 0 heterocycles. The molecule has 4 heteroatoms. The molecule has 0 saturated heterocycles. The third kappa shape index (κ3) is 3.84. The van der Waals surface area contributed by atoms with Gasteiger partial charge in [0.2, 0.25) is 0 Å². The van der Waals surface area contributed by atoms with E-state index < -0.39 is 0 Å². The van der Waals surface area contributed by atoms with Crippen molar-refractivity contribution in [2.24, 2.45) is 0 Å². The van der Waals surface area contributed by atoms with E-state index in [1.807, 2.05) is 23.9 Å². The van der Waals surface area contributed by atoms with Crippen LogP contribution in [-0.2, 0) is 0 Å². The normalized spacial score (nSPS) is 12.5. The number of halogens is 1. The number of hydrogen-bond donors (Lipinski definition) is 2. The molecule has 0 fully saturated rings. The fourth-order valence-electron chi connectivity index (χ4n) is 1.35. The molecular formula is C11H17ClN2S. The van der Waals surface area contributed by atoms with Gasteiger partial charge in [0, 0.05) is 16.8 Å². The summed E-state index contributed by atoms with van der Waals surface area (Å²) < 4.78 is 0. The number of hydrogen-bond acceptors (Lipinski definition) is 3. The monoisotopic (exact) mass is 244 g/mol. The Labute approximate surface area is 101 Å². The van der Waals surface area contributed by atoms with Crippen LogP contribution in [0, 0.1) is 0 Å². The van der Waals surface area contributed by atoms with Crippen molar-refractivity contribution in [3.05, 3.63) is 23.2 Å². The van der Waals surface area contributed by atoms with Crippen molar-refractivity contribution in [1.29, 1.82) is 0 Å². The smallest absolute Gasteiger partial charge is 0.0577 e. The van der Waals surface area contributed by atoms with Crippen molar-refractivity contribution in [1.82, 2.24) is 0 Å². The number of rotatable bonds is 5.